The molecular formula is C17H21N3OS. The van der Waals surface area contributed by atoms with Gasteiger partial charge in [0.05, 0.1) is 10.7 Å². The smallest absolute Gasteiger partial charge is 0.217 e. The lowest BCUT2D eigenvalue weighted by molar-refractivity contribution is 0.00781. The maximum absolute atomic E-state index is 6.29. The van der Waals surface area contributed by atoms with Crippen molar-refractivity contribution in [2.24, 2.45) is 0 Å². The van der Waals surface area contributed by atoms with Crippen LogP contribution in [-0.4, -0.2) is 40.1 Å². The second-order valence-electron chi connectivity index (χ2n) is 6.37. The molecule has 0 aliphatic carbocycles. The number of likely N-dealkylation sites (N-methyl/N-ethyl adjacent to an activating group) is 1. The van der Waals surface area contributed by atoms with Crippen LogP contribution in [0.15, 0.2) is 17.6 Å². The molecule has 2 aliphatic rings. The lowest BCUT2D eigenvalue weighted by Gasteiger charge is -2.38. The van der Waals surface area contributed by atoms with Crippen LogP contribution < -0.4 is 4.74 Å². The van der Waals surface area contributed by atoms with Gasteiger partial charge in [-0.1, -0.05) is 6.92 Å². The fraction of sp³-hybridized carbons (Fsp3) is 0.529. The Balaban J connectivity index is 1.61. The van der Waals surface area contributed by atoms with Crippen LogP contribution in [0.1, 0.15) is 30.3 Å². The molecule has 22 heavy (non-hydrogen) atoms. The normalized spacial score (nSPS) is 24.5. The lowest BCUT2D eigenvalue weighted by Crippen LogP contribution is -2.51. The molecule has 2 aromatic rings. The molecule has 1 spiro atoms. The Morgan fingerprint density at radius 2 is 2.36 bits per heavy atom. The van der Waals surface area contributed by atoms with Crippen LogP contribution in [0.2, 0.25) is 0 Å². The highest BCUT2D eigenvalue weighted by Gasteiger charge is 2.43. The molecule has 2 aromatic heterocycles. The molecule has 1 atom stereocenters. The first-order chi connectivity index (χ1) is 10.7. The minimum Gasteiger partial charge on any atom is -0.469 e. The Morgan fingerprint density at radius 3 is 3.14 bits per heavy atom. The van der Waals surface area contributed by atoms with Gasteiger partial charge in [0.15, 0.2) is 0 Å². The number of thiazole rings is 1. The first-order valence-corrected chi connectivity index (χ1v) is 8.88. The number of hydrogen-bond acceptors (Lipinski definition) is 5. The predicted molar refractivity (Wildman–Crippen MR) is 88.5 cm³/mol. The van der Waals surface area contributed by atoms with Crippen molar-refractivity contribution in [1.29, 1.82) is 0 Å². The highest BCUT2D eigenvalue weighted by molar-refractivity contribution is 7.09. The Hall–Kier alpha value is -1.46. The molecular weight excluding hydrogens is 294 g/mol. The van der Waals surface area contributed by atoms with Crippen LogP contribution in [0.3, 0.4) is 0 Å². The third kappa shape index (κ3) is 2.42. The van der Waals surface area contributed by atoms with Gasteiger partial charge in [0, 0.05) is 35.7 Å². The van der Waals surface area contributed by atoms with E-state index in [0.29, 0.717) is 0 Å². The maximum Gasteiger partial charge on any atom is 0.217 e. The molecule has 0 aromatic carbocycles. The number of rotatable bonds is 2. The number of fused-ring (bicyclic) bond motifs is 1. The Morgan fingerprint density at radius 1 is 1.45 bits per heavy atom. The number of nitrogens with zero attached hydrogens (tertiary/aromatic N) is 3. The number of hydrogen-bond donors (Lipinski definition) is 0. The molecule has 4 rings (SSSR count). The molecule has 116 valence electrons. The number of ether oxygens (including phenoxy) is 1. The standard InChI is InChI=1S/C17H21N3OS/c1-3-20-6-4-5-17(11-20)8-13-7-14(9-18-16(13)21-17)15-10-22-12(2)19-15/h7,9-10H,3-6,8,11H2,1-2H3/t17-/m0/s1. The van der Waals surface area contributed by atoms with E-state index in [1.165, 1.54) is 18.5 Å². The van der Waals surface area contributed by atoms with E-state index in [2.05, 4.69) is 33.2 Å². The maximum atomic E-state index is 6.29. The molecule has 0 bridgehead atoms. The first kappa shape index (κ1) is 14.2. The predicted octanol–water partition coefficient (Wildman–Crippen LogP) is 3.30. The summed E-state index contributed by atoms with van der Waals surface area (Å²) >= 11 is 1.68. The molecule has 0 radical (unpaired) electrons. The molecule has 0 N–H and O–H groups in total. The van der Waals surface area contributed by atoms with Crippen molar-refractivity contribution >= 4 is 11.3 Å². The molecule has 5 heteroatoms. The summed E-state index contributed by atoms with van der Waals surface area (Å²) in [7, 11) is 0. The quantitative estimate of drug-likeness (QED) is 0.852. The van der Waals surface area contributed by atoms with Gasteiger partial charge in [-0.05, 0) is 38.9 Å². The first-order valence-electron chi connectivity index (χ1n) is 8.00. The summed E-state index contributed by atoms with van der Waals surface area (Å²) in [6.45, 7) is 7.56. The Labute approximate surface area is 135 Å². The van der Waals surface area contributed by atoms with E-state index in [4.69, 9.17) is 4.74 Å². The monoisotopic (exact) mass is 315 g/mol. The third-order valence-corrected chi connectivity index (χ3v) is 5.51. The van der Waals surface area contributed by atoms with Crippen molar-refractivity contribution in [3.05, 3.63) is 28.2 Å². The Bertz CT molecular complexity index is 699. The third-order valence-electron chi connectivity index (χ3n) is 4.73. The molecule has 4 heterocycles. The van der Waals surface area contributed by atoms with Gasteiger partial charge < -0.3 is 4.74 Å². The van der Waals surface area contributed by atoms with Crippen LogP contribution in [0.5, 0.6) is 5.88 Å². The van der Waals surface area contributed by atoms with Crippen molar-refractivity contribution in [2.45, 2.75) is 38.7 Å². The summed E-state index contributed by atoms with van der Waals surface area (Å²) in [6, 6.07) is 2.22. The van der Waals surface area contributed by atoms with Crippen molar-refractivity contribution in [2.75, 3.05) is 19.6 Å². The zero-order chi connectivity index (χ0) is 15.2. The number of pyridine rings is 1. The van der Waals surface area contributed by atoms with Crippen LogP contribution in [0, 0.1) is 6.92 Å². The molecule has 2 aliphatic heterocycles. The van der Waals surface area contributed by atoms with Crippen LogP contribution >= 0.6 is 11.3 Å². The van der Waals surface area contributed by atoms with Crippen LogP contribution in [0.4, 0.5) is 0 Å². The van der Waals surface area contributed by atoms with E-state index in [9.17, 15) is 0 Å². The van der Waals surface area contributed by atoms with Gasteiger partial charge in [-0.3, -0.25) is 4.90 Å². The fourth-order valence-corrected chi connectivity index (χ4v) is 4.25. The summed E-state index contributed by atoms with van der Waals surface area (Å²) in [6.07, 6.45) is 5.21. The molecule has 0 amide bonds. The minimum atomic E-state index is -0.0553. The molecule has 0 unspecified atom stereocenters. The molecule has 0 saturated carbocycles. The fourth-order valence-electron chi connectivity index (χ4n) is 3.63. The highest BCUT2D eigenvalue weighted by Crippen LogP contribution is 2.40. The topological polar surface area (TPSA) is 38.2 Å². The van der Waals surface area contributed by atoms with Gasteiger partial charge in [-0.15, -0.1) is 11.3 Å². The zero-order valence-electron chi connectivity index (χ0n) is 13.1. The largest absolute Gasteiger partial charge is 0.469 e. The molecule has 4 nitrogen and oxygen atoms in total. The van der Waals surface area contributed by atoms with Gasteiger partial charge in [0.2, 0.25) is 5.88 Å². The lowest BCUT2D eigenvalue weighted by atomic mass is 9.88. The number of aryl methyl sites for hydroxylation is 1. The number of aromatic nitrogens is 2. The minimum absolute atomic E-state index is 0.0553. The summed E-state index contributed by atoms with van der Waals surface area (Å²) in [5.41, 5.74) is 3.31. The van der Waals surface area contributed by atoms with Gasteiger partial charge in [0.25, 0.3) is 0 Å². The number of likely N-dealkylation sites (tertiary alicyclic amines) is 1. The second-order valence-corrected chi connectivity index (χ2v) is 7.44. The van der Waals surface area contributed by atoms with E-state index in [-0.39, 0.29) is 5.60 Å². The van der Waals surface area contributed by atoms with Crippen molar-refractivity contribution in [3.8, 4) is 17.1 Å². The van der Waals surface area contributed by atoms with Crippen molar-refractivity contribution in [1.82, 2.24) is 14.9 Å². The Kier molecular flexibility index (Phi) is 3.42. The number of piperidine rings is 1. The van der Waals surface area contributed by atoms with Gasteiger partial charge >= 0.3 is 0 Å². The van der Waals surface area contributed by atoms with Crippen LogP contribution in [-0.2, 0) is 6.42 Å². The highest BCUT2D eigenvalue weighted by atomic mass is 32.1. The average Bonchev–Trinajstić information content (AvgIpc) is 3.09. The summed E-state index contributed by atoms with van der Waals surface area (Å²) in [5, 5.41) is 3.19. The van der Waals surface area contributed by atoms with E-state index in [0.717, 1.165) is 48.1 Å². The molecule has 1 saturated heterocycles. The summed E-state index contributed by atoms with van der Waals surface area (Å²) in [4.78, 5) is 11.6. The van der Waals surface area contributed by atoms with E-state index in [1.807, 2.05) is 13.1 Å². The van der Waals surface area contributed by atoms with Crippen molar-refractivity contribution < 1.29 is 4.74 Å². The summed E-state index contributed by atoms with van der Waals surface area (Å²) < 4.78 is 6.29. The summed E-state index contributed by atoms with van der Waals surface area (Å²) in [5.74, 6) is 0.827. The SMILES string of the molecule is CCN1CCC[C@]2(Cc3cc(-c4csc(C)n4)cnc3O2)C1. The van der Waals surface area contributed by atoms with E-state index in [1.54, 1.807) is 11.3 Å². The zero-order valence-corrected chi connectivity index (χ0v) is 13.9. The van der Waals surface area contributed by atoms with Gasteiger partial charge in [0.1, 0.15) is 5.60 Å². The van der Waals surface area contributed by atoms with Crippen molar-refractivity contribution in [3.63, 3.8) is 0 Å². The van der Waals surface area contributed by atoms with Gasteiger partial charge in [-0.2, -0.15) is 0 Å². The average molecular weight is 315 g/mol. The second kappa shape index (κ2) is 5.32. The van der Waals surface area contributed by atoms with Crippen LogP contribution in [0.25, 0.3) is 11.3 Å². The molecule has 1 fully saturated rings. The van der Waals surface area contributed by atoms with E-state index >= 15 is 0 Å². The van der Waals surface area contributed by atoms with Gasteiger partial charge in [-0.25, -0.2) is 9.97 Å². The van der Waals surface area contributed by atoms with E-state index < -0.39 is 0 Å².